The van der Waals surface area contributed by atoms with Crippen LogP contribution >= 0.6 is 0 Å². The minimum absolute atomic E-state index is 0.590. The zero-order valence-corrected chi connectivity index (χ0v) is 32.5. The van der Waals surface area contributed by atoms with Crippen LogP contribution in [-0.4, -0.2) is 29.9 Å². The van der Waals surface area contributed by atoms with E-state index >= 15 is 0 Å². The van der Waals surface area contributed by atoms with Crippen LogP contribution in [0, 0.1) is 0 Å². The summed E-state index contributed by atoms with van der Waals surface area (Å²) in [5.41, 5.74) is 12.1. The van der Waals surface area contributed by atoms with Crippen LogP contribution in [0.5, 0.6) is 0 Å². The molecule has 60 heavy (non-hydrogen) atoms. The predicted octanol–water partition coefficient (Wildman–Crippen LogP) is 13.1. The van der Waals surface area contributed by atoms with E-state index in [4.69, 9.17) is 29.9 Å². The third-order valence-electron chi connectivity index (χ3n) is 10.4. The second kappa shape index (κ2) is 16.3. The Morgan fingerprint density at radius 3 is 0.667 bits per heavy atom. The van der Waals surface area contributed by atoms with Gasteiger partial charge in [0.05, 0.1) is 0 Å². The number of hydrogen-bond donors (Lipinski definition) is 0. The summed E-state index contributed by atoms with van der Waals surface area (Å²) in [5, 5.41) is 0. The van der Waals surface area contributed by atoms with Crippen molar-refractivity contribution >= 4 is 0 Å². The Morgan fingerprint density at radius 2 is 0.350 bits per heavy atom. The lowest BCUT2D eigenvalue weighted by atomic mass is 9.99. The largest absolute Gasteiger partial charge is 0.208 e. The summed E-state index contributed by atoms with van der Waals surface area (Å²) < 4.78 is 0. The van der Waals surface area contributed by atoms with Crippen LogP contribution in [0.15, 0.2) is 218 Å². The fraction of sp³-hybridized carbons (Fsp3) is 0. The van der Waals surface area contributed by atoms with Crippen molar-refractivity contribution in [2.45, 2.75) is 0 Å². The molecule has 0 aliphatic rings. The van der Waals surface area contributed by atoms with Gasteiger partial charge in [0.1, 0.15) is 0 Å². The molecule has 0 radical (unpaired) electrons. The van der Waals surface area contributed by atoms with E-state index in [1.165, 1.54) is 11.1 Å². The van der Waals surface area contributed by atoms with Crippen molar-refractivity contribution in [2.75, 3.05) is 0 Å². The van der Waals surface area contributed by atoms with Crippen LogP contribution in [0.4, 0.5) is 0 Å². The summed E-state index contributed by atoms with van der Waals surface area (Å²) in [4.78, 5) is 30.0. The van der Waals surface area contributed by atoms with Gasteiger partial charge in [0.25, 0.3) is 0 Å². The molecule has 6 nitrogen and oxygen atoms in total. The van der Waals surface area contributed by atoms with Gasteiger partial charge in [-0.2, -0.15) is 0 Å². The molecule has 282 valence electrons. The summed E-state index contributed by atoms with van der Waals surface area (Å²) >= 11 is 0. The van der Waals surface area contributed by atoms with Gasteiger partial charge in [-0.3, -0.25) is 0 Å². The molecule has 10 rings (SSSR count). The Morgan fingerprint density at radius 1 is 0.150 bits per heavy atom. The number of benzene rings is 8. The average Bonchev–Trinajstić information content (AvgIpc) is 3.35. The van der Waals surface area contributed by atoms with Crippen molar-refractivity contribution < 1.29 is 0 Å². The fourth-order valence-corrected chi connectivity index (χ4v) is 7.29. The van der Waals surface area contributed by atoms with Crippen LogP contribution in [0.1, 0.15) is 0 Å². The molecule has 0 amide bonds. The lowest BCUT2D eigenvalue weighted by molar-refractivity contribution is 1.07. The summed E-state index contributed by atoms with van der Waals surface area (Å²) in [6, 6.07) is 74.3. The molecule has 0 bridgehead atoms. The standard InChI is InChI=1S/C54H36N6/c1-5-16-37(17-6-1)38-30-32-39(33-31-38)43-24-13-27-46(34-43)53-58-51(42-22-11-4-12-23-42)59-54(60-53)48-29-15-26-45(36-48)44-25-14-28-47(35-44)52-56-49(40-18-7-2-8-19-40)55-50(57-52)41-20-9-3-10-21-41/h1-36H. The molecule has 0 aliphatic carbocycles. The third kappa shape index (κ3) is 7.73. The van der Waals surface area contributed by atoms with Crippen molar-refractivity contribution in [3.8, 4) is 102 Å². The van der Waals surface area contributed by atoms with Gasteiger partial charge in [-0.25, -0.2) is 29.9 Å². The summed E-state index contributed by atoms with van der Waals surface area (Å²) in [6.45, 7) is 0. The summed E-state index contributed by atoms with van der Waals surface area (Å²) in [7, 11) is 0. The van der Waals surface area contributed by atoms with Gasteiger partial charge in [0, 0.05) is 33.4 Å². The van der Waals surface area contributed by atoms with Crippen molar-refractivity contribution in [3.05, 3.63) is 218 Å². The molecule has 0 saturated heterocycles. The quantitative estimate of drug-likeness (QED) is 0.145. The normalized spacial score (nSPS) is 11.0. The molecule has 6 heteroatoms. The van der Waals surface area contributed by atoms with Crippen LogP contribution in [0.2, 0.25) is 0 Å². The molecule has 0 fully saturated rings. The highest BCUT2D eigenvalue weighted by Crippen LogP contribution is 2.33. The first-order valence-electron chi connectivity index (χ1n) is 19.9. The van der Waals surface area contributed by atoms with E-state index in [0.29, 0.717) is 34.9 Å². The zero-order valence-electron chi connectivity index (χ0n) is 32.5. The Balaban J connectivity index is 1.02. The average molecular weight is 769 g/mol. The van der Waals surface area contributed by atoms with E-state index in [1.807, 2.05) is 115 Å². The second-order valence-electron chi connectivity index (χ2n) is 14.4. The first-order valence-corrected chi connectivity index (χ1v) is 19.9. The molecule has 10 aromatic rings. The third-order valence-corrected chi connectivity index (χ3v) is 10.4. The zero-order chi connectivity index (χ0) is 40.1. The topological polar surface area (TPSA) is 77.3 Å². The minimum atomic E-state index is 0.590. The van der Waals surface area contributed by atoms with Crippen molar-refractivity contribution in [2.24, 2.45) is 0 Å². The van der Waals surface area contributed by atoms with Crippen LogP contribution in [-0.2, 0) is 0 Å². The SMILES string of the molecule is c1ccc(-c2ccc(-c3cccc(-c4nc(-c5ccccc5)nc(-c5cccc(-c6cccc(-c7nc(-c8ccccc8)nc(-c8ccccc8)n7)c6)c5)n4)c3)cc2)cc1. The van der Waals surface area contributed by atoms with E-state index in [0.717, 1.165) is 55.6 Å². The fourth-order valence-electron chi connectivity index (χ4n) is 7.29. The van der Waals surface area contributed by atoms with E-state index in [2.05, 4.69) is 103 Å². The molecule has 0 unspecified atom stereocenters. The molecule has 0 atom stereocenters. The Kier molecular flexibility index (Phi) is 9.84. The Hall–Kier alpha value is -8.22. The van der Waals surface area contributed by atoms with Gasteiger partial charge in [0.2, 0.25) is 0 Å². The van der Waals surface area contributed by atoms with Gasteiger partial charge in [-0.15, -0.1) is 0 Å². The van der Waals surface area contributed by atoms with Crippen LogP contribution in [0.25, 0.3) is 102 Å². The predicted molar refractivity (Wildman–Crippen MR) is 242 cm³/mol. The Labute approximate surface area is 348 Å². The smallest absolute Gasteiger partial charge is 0.164 e. The highest BCUT2D eigenvalue weighted by molar-refractivity contribution is 5.78. The maximum absolute atomic E-state index is 5.12. The van der Waals surface area contributed by atoms with E-state index < -0.39 is 0 Å². The van der Waals surface area contributed by atoms with Gasteiger partial charge < -0.3 is 0 Å². The van der Waals surface area contributed by atoms with E-state index in [9.17, 15) is 0 Å². The van der Waals surface area contributed by atoms with Gasteiger partial charge in [-0.1, -0.05) is 200 Å². The maximum atomic E-state index is 5.12. The van der Waals surface area contributed by atoms with Crippen LogP contribution < -0.4 is 0 Å². The van der Waals surface area contributed by atoms with E-state index in [-0.39, 0.29) is 0 Å². The first kappa shape index (κ1) is 36.1. The van der Waals surface area contributed by atoms with Crippen molar-refractivity contribution in [1.82, 2.24) is 29.9 Å². The molecule has 0 saturated carbocycles. The highest BCUT2D eigenvalue weighted by atomic mass is 15.0. The molecule has 0 spiro atoms. The monoisotopic (exact) mass is 768 g/mol. The lowest BCUT2D eigenvalue weighted by Gasteiger charge is -2.11. The molecule has 8 aromatic carbocycles. The summed E-state index contributed by atoms with van der Waals surface area (Å²) in [5.74, 6) is 3.65. The summed E-state index contributed by atoms with van der Waals surface area (Å²) in [6.07, 6.45) is 0. The van der Waals surface area contributed by atoms with Crippen molar-refractivity contribution in [1.29, 1.82) is 0 Å². The molecular weight excluding hydrogens is 733 g/mol. The minimum Gasteiger partial charge on any atom is -0.208 e. The lowest BCUT2D eigenvalue weighted by Crippen LogP contribution is -2.00. The molecule has 0 N–H and O–H groups in total. The molecular formula is C54H36N6. The van der Waals surface area contributed by atoms with Gasteiger partial charge in [-0.05, 0) is 51.6 Å². The first-order chi connectivity index (χ1) is 29.7. The molecule has 0 aliphatic heterocycles. The number of hydrogen-bond acceptors (Lipinski definition) is 6. The number of rotatable bonds is 9. The molecule has 2 heterocycles. The highest BCUT2D eigenvalue weighted by Gasteiger charge is 2.16. The maximum Gasteiger partial charge on any atom is 0.164 e. The second-order valence-corrected chi connectivity index (χ2v) is 14.4. The van der Waals surface area contributed by atoms with Gasteiger partial charge >= 0.3 is 0 Å². The molecule has 2 aromatic heterocycles. The number of aromatic nitrogens is 6. The van der Waals surface area contributed by atoms with Crippen LogP contribution in [0.3, 0.4) is 0 Å². The van der Waals surface area contributed by atoms with Gasteiger partial charge in [0.15, 0.2) is 34.9 Å². The van der Waals surface area contributed by atoms with E-state index in [1.54, 1.807) is 0 Å². The van der Waals surface area contributed by atoms with Crippen molar-refractivity contribution in [3.63, 3.8) is 0 Å². The number of nitrogens with zero attached hydrogens (tertiary/aromatic N) is 6. The Bertz CT molecular complexity index is 3010.